The maximum absolute atomic E-state index is 2.16. The third-order valence-electron chi connectivity index (χ3n) is 2.38. The lowest BCUT2D eigenvalue weighted by Crippen LogP contribution is -2.28. The SMILES string of the molecule is CCn1cc[n+](CC)c1.Cn1cc[n+](C)c1. The molecule has 16 heavy (non-hydrogen) atoms. The molecule has 0 aromatic carbocycles. The smallest absolute Gasteiger partial charge is 0.240 e. The summed E-state index contributed by atoms with van der Waals surface area (Å²) >= 11 is 0. The van der Waals surface area contributed by atoms with E-state index >= 15 is 0 Å². The predicted octanol–water partition coefficient (Wildman–Crippen LogP) is 0.665. The summed E-state index contributed by atoms with van der Waals surface area (Å²) < 4.78 is 8.31. The number of hydrogen-bond acceptors (Lipinski definition) is 0. The standard InChI is InChI=1S/C7H13N2.C5H9N2/c1-3-8-5-6-9(4-2)7-8;1-6-3-4-7(2)5-6/h5-7H,3-4H2,1-2H3;3-5H,1-2H3/q2*+1. The van der Waals surface area contributed by atoms with Gasteiger partial charge in [-0.15, -0.1) is 0 Å². The minimum atomic E-state index is 1.06. The minimum absolute atomic E-state index is 1.06. The minimum Gasteiger partial charge on any atom is -0.240 e. The van der Waals surface area contributed by atoms with Crippen LogP contribution in [-0.4, -0.2) is 9.13 Å². The van der Waals surface area contributed by atoms with Crippen molar-refractivity contribution in [2.45, 2.75) is 26.9 Å². The second-order valence-electron chi connectivity index (χ2n) is 3.82. The summed E-state index contributed by atoms with van der Waals surface area (Å²) in [4.78, 5) is 0. The van der Waals surface area contributed by atoms with Crippen LogP contribution < -0.4 is 9.13 Å². The fourth-order valence-electron chi connectivity index (χ4n) is 1.39. The lowest BCUT2D eigenvalue weighted by molar-refractivity contribution is -0.693. The Labute approximate surface area is 97.4 Å². The van der Waals surface area contributed by atoms with Crippen LogP contribution in [0.4, 0.5) is 0 Å². The molecule has 0 atom stereocenters. The molecule has 2 aromatic rings. The Morgan fingerprint density at radius 2 is 1.81 bits per heavy atom. The van der Waals surface area contributed by atoms with E-state index in [0.717, 1.165) is 13.1 Å². The molecule has 0 bridgehead atoms. The number of imidazole rings is 2. The molecule has 0 N–H and O–H groups in total. The van der Waals surface area contributed by atoms with Crippen LogP contribution in [0.3, 0.4) is 0 Å². The summed E-state index contributed by atoms with van der Waals surface area (Å²) in [5.74, 6) is 0. The zero-order valence-electron chi connectivity index (χ0n) is 10.7. The van der Waals surface area contributed by atoms with Crippen LogP contribution in [0.2, 0.25) is 0 Å². The van der Waals surface area contributed by atoms with Crippen molar-refractivity contribution in [3.8, 4) is 0 Å². The average Bonchev–Trinajstić information content (AvgIpc) is 2.88. The summed E-state index contributed by atoms with van der Waals surface area (Å²) in [6.45, 7) is 6.40. The number of aryl methyl sites for hydroxylation is 4. The molecular formula is C12H22N4+2. The molecule has 0 saturated carbocycles. The van der Waals surface area contributed by atoms with Gasteiger partial charge in [0.05, 0.1) is 27.2 Å². The Bertz CT molecular complexity index is 379. The highest BCUT2D eigenvalue weighted by Gasteiger charge is 1.95. The van der Waals surface area contributed by atoms with Crippen LogP contribution >= 0.6 is 0 Å². The van der Waals surface area contributed by atoms with E-state index in [1.807, 2.05) is 42.0 Å². The maximum Gasteiger partial charge on any atom is 0.243 e. The molecule has 2 aromatic heterocycles. The van der Waals surface area contributed by atoms with Gasteiger partial charge in [0, 0.05) is 0 Å². The fraction of sp³-hybridized carbons (Fsp3) is 0.500. The van der Waals surface area contributed by atoms with Gasteiger partial charge in [-0.05, 0) is 13.8 Å². The molecule has 4 nitrogen and oxygen atoms in total. The van der Waals surface area contributed by atoms with Gasteiger partial charge in [0.25, 0.3) is 0 Å². The van der Waals surface area contributed by atoms with Crippen molar-refractivity contribution in [3.63, 3.8) is 0 Å². The molecule has 4 heteroatoms. The molecule has 0 fully saturated rings. The second-order valence-corrected chi connectivity index (χ2v) is 3.82. The van der Waals surface area contributed by atoms with E-state index in [2.05, 4.69) is 41.7 Å². The summed E-state index contributed by atoms with van der Waals surface area (Å²) in [5, 5.41) is 0. The lowest BCUT2D eigenvalue weighted by atomic mass is 10.7. The summed E-state index contributed by atoms with van der Waals surface area (Å²) in [6, 6.07) is 0. The Balaban J connectivity index is 0.000000165. The number of nitrogens with zero attached hydrogens (tertiary/aromatic N) is 4. The molecule has 2 rings (SSSR count). The van der Waals surface area contributed by atoms with Gasteiger partial charge in [-0.1, -0.05) is 0 Å². The molecule has 0 radical (unpaired) electrons. The molecule has 0 saturated heterocycles. The number of aromatic nitrogens is 4. The molecule has 0 aliphatic carbocycles. The van der Waals surface area contributed by atoms with Gasteiger partial charge in [0.1, 0.15) is 24.8 Å². The van der Waals surface area contributed by atoms with E-state index in [9.17, 15) is 0 Å². The van der Waals surface area contributed by atoms with Crippen LogP contribution in [-0.2, 0) is 27.2 Å². The Hall–Kier alpha value is -1.58. The largest absolute Gasteiger partial charge is 0.243 e. The van der Waals surface area contributed by atoms with E-state index < -0.39 is 0 Å². The van der Waals surface area contributed by atoms with Gasteiger partial charge in [-0.25, -0.2) is 18.3 Å². The zero-order valence-corrected chi connectivity index (χ0v) is 10.7. The van der Waals surface area contributed by atoms with Gasteiger partial charge in [-0.3, -0.25) is 0 Å². The topological polar surface area (TPSA) is 17.6 Å². The predicted molar refractivity (Wildman–Crippen MR) is 62.6 cm³/mol. The van der Waals surface area contributed by atoms with Crippen molar-refractivity contribution in [2.24, 2.45) is 14.1 Å². The first-order valence-corrected chi connectivity index (χ1v) is 5.67. The van der Waals surface area contributed by atoms with Crippen molar-refractivity contribution in [3.05, 3.63) is 37.4 Å². The fourth-order valence-corrected chi connectivity index (χ4v) is 1.39. The Kier molecular flexibility index (Phi) is 4.76. The third-order valence-corrected chi connectivity index (χ3v) is 2.38. The van der Waals surface area contributed by atoms with Gasteiger partial charge < -0.3 is 0 Å². The molecule has 0 aliphatic heterocycles. The number of hydrogen-bond donors (Lipinski definition) is 0. The summed E-state index contributed by atoms with van der Waals surface area (Å²) in [7, 11) is 4.00. The van der Waals surface area contributed by atoms with Crippen molar-refractivity contribution in [2.75, 3.05) is 0 Å². The number of rotatable bonds is 2. The molecule has 88 valence electrons. The van der Waals surface area contributed by atoms with E-state index in [1.165, 1.54) is 0 Å². The first kappa shape index (κ1) is 12.5. The van der Waals surface area contributed by atoms with Gasteiger partial charge in [0.2, 0.25) is 12.7 Å². The quantitative estimate of drug-likeness (QED) is 0.665. The third kappa shape index (κ3) is 3.88. The van der Waals surface area contributed by atoms with Gasteiger partial charge in [0.15, 0.2) is 0 Å². The molecular weight excluding hydrogens is 200 g/mol. The second kappa shape index (κ2) is 6.10. The van der Waals surface area contributed by atoms with Crippen LogP contribution in [0.25, 0.3) is 0 Å². The van der Waals surface area contributed by atoms with Crippen LogP contribution in [0.5, 0.6) is 0 Å². The molecule has 2 heterocycles. The molecule has 0 aliphatic rings. The Morgan fingerprint density at radius 1 is 1.06 bits per heavy atom. The van der Waals surface area contributed by atoms with Crippen molar-refractivity contribution >= 4 is 0 Å². The van der Waals surface area contributed by atoms with Crippen LogP contribution in [0.1, 0.15) is 13.8 Å². The highest BCUT2D eigenvalue weighted by molar-refractivity contribution is 4.64. The van der Waals surface area contributed by atoms with Crippen LogP contribution in [0.15, 0.2) is 37.4 Å². The van der Waals surface area contributed by atoms with E-state index in [0.29, 0.717) is 0 Å². The first-order chi connectivity index (χ1) is 7.65. The highest BCUT2D eigenvalue weighted by Crippen LogP contribution is 1.81. The monoisotopic (exact) mass is 222 g/mol. The van der Waals surface area contributed by atoms with E-state index in [1.54, 1.807) is 0 Å². The maximum atomic E-state index is 2.16. The normalized spacial score (nSPS) is 9.75. The van der Waals surface area contributed by atoms with E-state index in [-0.39, 0.29) is 0 Å². The van der Waals surface area contributed by atoms with Gasteiger partial charge >= 0.3 is 0 Å². The zero-order chi connectivity index (χ0) is 12.0. The van der Waals surface area contributed by atoms with Crippen LogP contribution in [0, 0.1) is 0 Å². The lowest BCUT2D eigenvalue weighted by Gasteiger charge is -1.84. The average molecular weight is 222 g/mol. The van der Waals surface area contributed by atoms with Crippen molar-refractivity contribution in [1.82, 2.24) is 9.13 Å². The first-order valence-electron chi connectivity index (χ1n) is 5.67. The molecule has 0 amide bonds. The van der Waals surface area contributed by atoms with E-state index in [4.69, 9.17) is 0 Å². The summed E-state index contributed by atoms with van der Waals surface area (Å²) in [5.41, 5.74) is 0. The summed E-state index contributed by atoms with van der Waals surface area (Å²) in [6.07, 6.45) is 12.3. The van der Waals surface area contributed by atoms with Gasteiger partial charge in [-0.2, -0.15) is 0 Å². The molecule has 0 unspecified atom stereocenters. The molecule has 0 spiro atoms. The van der Waals surface area contributed by atoms with Crippen molar-refractivity contribution < 1.29 is 9.13 Å². The van der Waals surface area contributed by atoms with Crippen molar-refractivity contribution in [1.29, 1.82) is 0 Å². The highest BCUT2D eigenvalue weighted by atomic mass is 15.1. The Morgan fingerprint density at radius 3 is 2.06 bits per heavy atom.